The Labute approximate surface area is 137 Å². The molecule has 1 amide bonds. The molecule has 4 nitrogen and oxygen atoms in total. The number of carbonyl (C=O) groups is 1. The smallest absolute Gasteiger partial charge is 0.261 e. The van der Waals surface area contributed by atoms with Crippen molar-refractivity contribution in [1.29, 1.82) is 0 Å². The Bertz CT molecular complexity index is 513. The second-order valence-electron chi connectivity index (χ2n) is 6.01. The summed E-state index contributed by atoms with van der Waals surface area (Å²) in [5.41, 5.74) is 0.949. The fourth-order valence-corrected chi connectivity index (χ4v) is 2.74. The maximum absolute atomic E-state index is 12.4. The first kappa shape index (κ1) is 17.1. The van der Waals surface area contributed by atoms with Crippen molar-refractivity contribution in [2.24, 2.45) is 0 Å². The molecule has 1 N–H and O–H groups in total. The summed E-state index contributed by atoms with van der Waals surface area (Å²) in [7, 11) is 2.11. The number of nitrogens with one attached hydrogen (secondary N) is 1. The lowest BCUT2D eigenvalue weighted by molar-refractivity contribution is -0.129. The first-order chi connectivity index (χ1) is 10.5. The SMILES string of the molecule is CC[C@@H](Oc1ccc(Cl)c(C)c1)C(=O)NC1CCN(C)CC1. The molecule has 0 spiro atoms. The van der Waals surface area contributed by atoms with Crippen LogP contribution in [0.1, 0.15) is 31.7 Å². The highest BCUT2D eigenvalue weighted by atomic mass is 35.5. The van der Waals surface area contributed by atoms with Gasteiger partial charge in [0.05, 0.1) is 0 Å². The molecule has 2 rings (SSSR count). The predicted octanol–water partition coefficient (Wildman–Crippen LogP) is 3.02. The van der Waals surface area contributed by atoms with Crippen LogP contribution in [0.5, 0.6) is 5.75 Å². The van der Waals surface area contributed by atoms with Crippen molar-refractivity contribution in [3.8, 4) is 5.75 Å². The van der Waals surface area contributed by atoms with Gasteiger partial charge in [-0.15, -0.1) is 0 Å². The van der Waals surface area contributed by atoms with Crippen LogP contribution in [0, 0.1) is 6.92 Å². The Morgan fingerprint density at radius 1 is 1.45 bits per heavy atom. The van der Waals surface area contributed by atoms with E-state index in [9.17, 15) is 4.79 Å². The zero-order valence-electron chi connectivity index (χ0n) is 13.6. The van der Waals surface area contributed by atoms with Gasteiger partial charge in [0.25, 0.3) is 5.91 Å². The van der Waals surface area contributed by atoms with Crippen molar-refractivity contribution in [1.82, 2.24) is 10.2 Å². The van der Waals surface area contributed by atoms with Gasteiger partial charge < -0.3 is 15.0 Å². The van der Waals surface area contributed by atoms with Crippen LogP contribution in [0.4, 0.5) is 0 Å². The average molecular weight is 325 g/mol. The highest BCUT2D eigenvalue weighted by molar-refractivity contribution is 6.31. The fraction of sp³-hybridized carbons (Fsp3) is 0.588. The minimum Gasteiger partial charge on any atom is -0.481 e. The molecule has 1 fully saturated rings. The molecule has 1 atom stereocenters. The normalized spacial score (nSPS) is 18.0. The van der Waals surface area contributed by atoms with Gasteiger partial charge in [0.1, 0.15) is 5.75 Å². The van der Waals surface area contributed by atoms with E-state index in [2.05, 4.69) is 17.3 Å². The minimum absolute atomic E-state index is 0.0235. The number of carbonyl (C=O) groups excluding carboxylic acids is 1. The molecule has 0 saturated carbocycles. The number of hydrogen-bond donors (Lipinski definition) is 1. The van der Waals surface area contributed by atoms with Crippen molar-refractivity contribution < 1.29 is 9.53 Å². The van der Waals surface area contributed by atoms with E-state index in [0.717, 1.165) is 31.5 Å². The molecule has 1 aromatic carbocycles. The van der Waals surface area contributed by atoms with Crippen LogP contribution in [0.2, 0.25) is 5.02 Å². The van der Waals surface area contributed by atoms with Gasteiger partial charge in [0.2, 0.25) is 0 Å². The molecule has 1 saturated heterocycles. The Hall–Kier alpha value is -1.26. The summed E-state index contributed by atoms with van der Waals surface area (Å²) in [6, 6.07) is 5.73. The van der Waals surface area contributed by atoms with Crippen molar-refractivity contribution in [2.45, 2.75) is 45.3 Å². The first-order valence-electron chi connectivity index (χ1n) is 7.91. The number of amides is 1. The molecule has 1 aliphatic rings. The quantitative estimate of drug-likeness (QED) is 0.905. The van der Waals surface area contributed by atoms with Gasteiger partial charge in [-0.1, -0.05) is 18.5 Å². The van der Waals surface area contributed by atoms with Crippen LogP contribution >= 0.6 is 11.6 Å². The summed E-state index contributed by atoms with van der Waals surface area (Å²) in [5.74, 6) is 0.664. The standard InChI is InChI=1S/C17H25ClN2O2/c1-4-16(22-14-5-6-15(18)12(2)11-14)17(21)19-13-7-9-20(3)10-8-13/h5-6,11,13,16H,4,7-10H2,1-3H3,(H,19,21)/t16-/m1/s1. The average Bonchev–Trinajstić information content (AvgIpc) is 2.50. The molecule has 1 aromatic rings. The number of aryl methyl sites for hydroxylation is 1. The molecule has 1 heterocycles. The molecule has 5 heteroatoms. The van der Waals surface area contributed by atoms with Crippen molar-refractivity contribution in [2.75, 3.05) is 20.1 Å². The molecular weight excluding hydrogens is 300 g/mol. The van der Waals surface area contributed by atoms with Crippen molar-refractivity contribution in [3.63, 3.8) is 0 Å². The number of likely N-dealkylation sites (tertiary alicyclic amines) is 1. The van der Waals surface area contributed by atoms with Crippen LogP contribution in [-0.4, -0.2) is 43.1 Å². The molecule has 0 aromatic heterocycles. The number of halogens is 1. The largest absolute Gasteiger partial charge is 0.481 e. The number of ether oxygens (including phenoxy) is 1. The lowest BCUT2D eigenvalue weighted by Gasteiger charge is -2.30. The maximum Gasteiger partial charge on any atom is 0.261 e. The van der Waals surface area contributed by atoms with Crippen LogP contribution in [0.15, 0.2) is 18.2 Å². The molecule has 0 unspecified atom stereocenters. The second kappa shape index (κ2) is 7.84. The minimum atomic E-state index is -0.458. The van der Waals surface area contributed by atoms with Gasteiger partial charge in [-0.3, -0.25) is 4.79 Å². The summed E-state index contributed by atoms with van der Waals surface area (Å²) < 4.78 is 5.84. The molecule has 0 aliphatic carbocycles. The third kappa shape index (κ3) is 4.62. The highest BCUT2D eigenvalue weighted by Gasteiger charge is 2.24. The molecule has 122 valence electrons. The van der Waals surface area contributed by atoms with Gasteiger partial charge in [-0.2, -0.15) is 0 Å². The Morgan fingerprint density at radius 2 is 2.14 bits per heavy atom. The lowest BCUT2D eigenvalue weighted by Crippen LogP contribution is -2.47. The summed E-state index contributed by atoms with van der Waals surface area (Å²) in [6.07, 6.45) is 2.18. The van der Waals surface area contributed by atoms with Crippen LogP contribution in [-0.2, 0) is 4.79 Å². The number of piperidine rings is 1. The molecule has 0 bridgehead atoms. The zero-order valence-corrected chi connectivity index (χ0v) is 14.3. The third-order valence-corrected chi connectivity index (χ3v) is 4.56. The number of rotatable bonds is 5. The van der Waals surface area contributed by atoms with Crippen LogP contribution in [0.3, 0.4) is 0 Å². The lowest BCUT2D eigenvalue weighted by atomic mass is 10.1. The Balaban J connectivity index is 1.92. The molecule has 0 radical (unpaired) electrons. The van der Waals surface area contributed by atoms with Gasteiger partial charge in [0, 0.05) is 11.1 Å². The monoisotopic (exact) mass is 324 g/mol. The van der Waals surface area contributed by atoms with E-state index in [1.807, 2.05) is 19.9 Å². The van der Waals surface area contributed by atoms with E-state index < -0.39 is 6.10 Å². The molecule has 22 heavy (non-hydrogen) atoms. The van der Waals surface area contributed by atoms with Crippen LogP contribution < -0.4 is 10.1 Å². The van der Waals surface area contributed by atoms with Crippen molar-refractivity contribution >= 4 is 17.5 Å². The summed E-state index contributed by atoms with van der Waals surface area (Å²) in [5, 5.41) is 3.82. The predicted molar refractivity (Wildman–Crippen MR) is 89.6 cm³/mol. The fourth-order valence-electron chi connectivity index (χ4n) is 2.62. The first-order valence-corrected chi connectivity index (χ1v) is 8.29. The number of benzene rings is 1. The van der Waals surface area contributed by atoms with Crippen LogP contribution in [0.25, 0.3) is 0 Å². The number of hydrogen-bond acceptors (Lipinski definition) is 3. The maximum atomic E-state index is 12.4. The van der Waals surface area contributed by atoms with E-state index in [4.69, 9.17) is 16.3 Å². The Morgan fingerprint density at radius 3 is 2.73 bits per heavy atom. The van der Waals surface area contributed by atoms with E-state index in [0.29, 0.717) is 17.2 Å². The van der Waals surface area contributed by atoms with E-state index in [1.165, 1.54) is 0 Å². The topological polar surface area (TPSA) is 41.6 Å². The van der Waals surface area contributed by atoms with Gasteiger partial charge >= 0.3 is 0 Å². The molecular formula is C17H25ClN2O2. The zero-order chi connectivity index (χ0) is 16.1. The summed E-state index contributed by atoms with van der Waals surface area (Å²) in [4.78, 5) is 14.7. The van der Waals surface area contributed by atoms with Crippen molar-refractivity contribution in [3.05, 3.63) is 28.8 Å². The van der Waals surface area contributed by atoms with E-state index in [-0.39, 0.29) is 11.9 Å². The number of nitrogens with zero attached hydrogens (tertiary/aromatic N) is 1. The van der Waals surface area contributed by atoms with Gasteiger partial charge in [-0.25, -0.2) is 0 Å². The third-order valence-electron chi connectivity index (χ3n) is 4.14. The van der Waals surface area contributed by atoms with E-state index >= 15 is 0 Å². The second-order valence-corrected chi connectivity index (χ2v) is 6.42. The van der Waals surface area contributed by atoms with E-state index in [1.54, 1.807) is 12.1 Å². The van der Waals surface area contributed by atoms with Gasteiger partial charge in [0.15, 0.2) is 6.10 Å². The summed E-state index contributed by atoms with van der Waals surface area (Å²) >= 11 is 6.02. The highest BCUT2D eigenvalue weighted by Crippen LogP contribution is 2.22. The Kier molecular flexibility index (Phi) is 6.09. The molecule has 1 aliphatic heterocycles. The van der Waals surface area contributed by atoms with Gasteiger partial charge in [-0.05, 0) is 70.1 Å². The summed E-state index contributed by atoms with van der Waals surface area (Å²) in [6.45, 7) is 5.94.